The molecule has 2 nitrogen and oxygen atoms in total. The van der Waals surface area contributed by atoms with Gasteiger partial charge in [-0.25, -0.2) is 0 Å². The van der Waals surface area contributed by atoms with Gasteiger partial charge in [0.05, 0.1) is 10.7 Å². The monoisotopic (exact) mass is 288 g/mol. The van der Waals surface area contributed by atoms with E-state index in [-0.39, 0.29) is 6.04 Å². The fourth-order valence-electron chi connectivity index (χ4n) is 2.23. The van der Waals surface area contributed by atoms with Gasteiger partial charge in [0.25, 0.3) is 0 Å². The van der Waals surface area contributed by atoms with Crippen molar-refractivity contribution in [1.82, 2.24) is 0 Å². The first-order valence-electron chi connectivity index (χ1n) is 6.95. The van der Waals surface area contributed by atoms with Crippen LogP contribution >= 0.6 is 11.6 Å². The Balaban J connectivity index is 2.23. The Bertz CT molecular complexity index is 552. The summed E-state index contributed by atoms with van der Waals surface area (Å²) in [6.07, 6.45) is 0. The van der Waals surface area contributed by atoms with E-state index in [1.807, 2.05) is 19.1 Å². The number of halogens is 1. The highest BCUT2D eigenvalue weighted by molar-refractivity contribution is 6.33. The normalized spacial score (nSPS) is 12.2. The summed E-state index contributed by atoms with van der Waals surface area (Å²) in [7, 11) is 0. The minimum absolute atomic E-state index is 0.00532. The van der Waals surface area contributed by atoms with Gasteiger partial charge in [-0.15, -0.1) is 0 Å². The first kappa shape index (κ1) is 14.9. The van der Waals surface area contributed by atoms with E-state index in [9.17, 15) is 0 Å². The van der Waals surface area contributed by atoms with E-state index in [1.165, 1.54) is 5.56 Å². The molecule has 0 saturated heterocycles. The van der Waals surface area contributed by atoms with Crippen LogP contribution in [0.2, 0.25) is 5.02 Å². The molecular weight excluding hydrogens is 268 g/mol. The second-order valence-electron chi connectivity index (χ2n) is 5.00. The molecule has 0 aliphatic rings. The van der Waals surface area contributed by atoms with Crippen molar-refractivity contribution in [3.05, 3.63) is 64.7 Å². The molecule has 0 saturated carbocycles. The van der Waals surface area contributed by atoms with Gasteiger partial charge in [0, 0.05) is 19.1 Å². The number of anilines is 1. The van der Waals surface area contributed by atoms with E-state index in [0.717, 1.165) is 29.4 Å². The Kier molecular flexibility index (Phi) is 5.05. The van der Waals surface area contributed by atoms with Crippen molar-refractivity contribution in [3.8, 4) is 0 Å². The molecule has 2 aromatic carbocycles. The summed E-state index contributed by atoms with van der Waals surface area (Å²) < 4.78 is 0. The van der Waals surface area contributed by atoms with Crippen molar-refractivity contribution in [2.75, 3.05) is 11.4 Å². The largest absolute Gasteiger partial charge is 0.366 e. The Hall–Kier alpha value is -1.51. The quantitative estimate of drug-likeness (QED) is 0.884. The first-order valence-corrected chi connectivity index (χ1v) is 7.33. The molecule has 0 aliphatic heterocycles. The molecule has 1 atom stereocenters. The number of hydrogen-bond donors (Lipinski definition) is 1. The Morgan fingerprint density at radius 1 is 1.15 bits per heavy atom. The van der Waals surface area contributed by atoms with Crippen LogP contribution in [0.1, 0.15) is 31.0 Å². The van der Waals surface area contributed by atoms with Crippen LogP contribution in [0.3, 0.4) is 0 Å². The van der Waals surface area contributed by atoms with Gasteiger partial charge in [-0.1, -0.05) is 48.0 Å². The number of rotatable bonds is 5. The van der Waals surface area contributed by atoms with Crippen LogP contribution in [0.15, 0.2) is 48.5 Å². The van der Waals surface area contributed by atoms with Crippen molar-refractivity contribution >= 4 is 17.3 Å². The van der Waals surface area contributed by atoms with E-state index in [4.69, 9.17) is 17.3 Å². The van der Waals surface area contributed by atoms with Crippen LogP contribution in [-0.2, 0) is 6.54 Å². The van der Waals surface area contributed by atoms with Gasteiger partial charge >= 0.3 is 0 Å². The van der Waals surface area contributed by atoms with Gasteiger partial charge in [0.1, 0.15) is 0 Å². The van der Waals surface area contributed by atoms with Crippen LogP contribution in [0.4, 0.5) is 5.69 Å². The van der Waals surface area contributed by atoms with Crippen molar-refractivity contribution in [2.24, 2.45) is 5.73 Å². The van der Waals surface area contributed by atoms with E-state index in [0.29, 0.717) is 0 Å². The lowest BCUT2D eigenvalue weighted by Gasteiger charge is -2.25. The summed E-state index contributed by atoms with van der Waals surface area (Å²) in [5.41, 5.74) is 9.29. The second-order valence-corrected chi connectivity index (χ2v) is 5.41. The number of benzene rings is 2. The lowest BCUT2D eigenvalue weighted by atomic mass is 10.1. The standard InChI is InChI=1S/C17H21ClN2/c1-3-20(12-14-7-5-4-6-8-14)17-10-9-15(13(2)19)11-16(17)18/h4-11,13H,3,12,19H2,1-2H3. The highest BCUT2D eigenvalue weighted by Crippen LogP contribution is 2.29. The fraction of sp³-hybridized carbons (Fsp3) is 0.294. The zero-order valence-electron chi connectivity index (χ0n) is 12.0. The second kappa shape index (κ2) is 6.78. The molecule has 2 N–H and O–H groups in total. The maximum atomic E-state index is 6.42. The molecule has 0 spiro atoms. The molecule has 20 heavy (non-hydrogen) atoms. The molecule has 3 heteroatoms. The molecule has 0 bridgehead atoms. The number of nitrogens with zero attached hydrogens (tertiary/aromatic N) is 1. The lowest BCUT2D eigenvalue weighted by molar-refractivity contribution is 0.810. The molecule has 0 fully saturated rings. The van der Waals surface area contributed by atoms with E-state index in [2.05, 4.69) is 48.2 Å². The summed E-state index contributed by atoms with van der Waals surface area (Å²) >= 11 is 6.42. The lowest BCUT2D eigenvalue weighted by Crippen LogP contribution is -2.22. The Labute approximate surface area is 126 Å². The van der Waals surface area contributed by atoms with Crippen molar-refractivity contribution in [1.29, 1.82) is 0 Å². The molecule has 0 aliphatic carbocycles. The maximum Gasteiger partial charge on any atom is 0.0643 e. The minimum Gasteiger partial charge on any atom is -0.366 e. The van der Waals surface area contributed by atoms with E-state index in [1.54, 1.807) is 0 Å². The molecule has 2 aromatic rings. The average Bonchev–Trinajstić information content (AvgIpc) is 2.46. The molecule has 106 valence electrons. The van der Waals surface area contributed by atoms with Gasteiger partial charge in [-0.2, -0.15) is 0 Å². The van der Waals surface area contributed by atoms with E-state index < -0.39 is 0 Å². The topological polar surface area (TPSA) is 29.3 Å². The van der Waals surface area contributed by atoms with Gasteiger partial charge in [-0.05, 0) is 37.1 Å². The van der Waals surface area contributed by atoms with Crippen LogP contribution < -0.4 is 10.6 Å². The summed E-state index contributed by atoms with van der Waals surface area (Å²) in [5.74, 6) is 0. The minimum atomic E-state index is 0.00532. The third kappa shape index (κ3) is 3.53. The smallest absolute Gasteiger partial charge is 0.0643 e. The van der Waals surface area contributed by atoms with E-state index >= 15 is 0 Å². The molecule has 0 radical (unpaired) electrons. The molecule has 0 heterocycles. The molecule has 0 aromatic heterocycles. The Morgan fingerprint density at radius 2 is 1.85 bits per heavy atom. The third-order valence-corrected chi connectivity index (χ3v) is 3.74. The third-order valence-electron chi connectivity index (χ3n) is 3.44. The summed E-state index contributed by atoms with van der Waals surface area (Å²) in [5, 5.41) is 0.762. The summed E-state index contributed by atoms with van der Waals surface area (Å²) in [6, 6.07) is 16.5. The zero-order chi connectivity index (χ0) is 14.5. The molecular formula is C17H21ClN2. The average molecular weight is 289 g/mol. The van der Waals surface area contributed by atoms with Gasteiger partial charge in [-0.3, -0.25) is 0 Å². The maximum absolute atomic E-state index is 6.42. The predicted octanol–water partition coefficient (Wildman–Crippen LogP) is 4.39. The van der Waals surface area contributed by atoms with Crippen molar-refractivity contribution in [3.63, 3.8) is 0 Å². The first-order chi connectivity index (χ1) is 9.61. The van der Waals surface area contributed by atoms with Crippen molar-refractivity contribution < 1.29 is 0 Å². The SMILES string of the molecule is CCN(Cc1ccccc1)c1ccc(C(C)N)cc1Cl. The van der Waals surface area contributed by atoms with Gasteiger partial charge in [0.2, 0.25) is 0 Å². The predicted molar refractivity (Wildman–Crippen MR) is 87.2 cm³/mol. The Morgan fingerprint density at radius 3 is 2.40 bits per heavy atom. The van der Waals surface area contributed by atoms with Gasteiger partial charge in [0.15, 0.2) is 0 Å². The summed E-state index contributed by atoms with van der Waals surface area (Å²) in [6.45, 7) is 5.87. The summed E-state index contributed by atoms with van der Waals surface area (Å²) in [4.78, 5) is 2.27. The highest BCUT2D eigenvalue weighted by atomic mass is 35.5. The van der Waals surface area contributed by atoms with Crippen LogP contribution in [-0.4, -0.2) is 6.54 Å². The fourth-order valence-corrected chi connectivity index (χ4v) is 2.54. The van der Waals surface area contributed by atoms with Crippen LogP contribution in [0.25, 0.3) is 0 Å². The number of hydrogen-bond acceptors (Lipinski definition) is 2. The molecule has 0 amide bonds. The molecule has 2 rings (SSSR count). The van der Waals surface area contributed by atoms with Crippen LogP contribution in [0.5, 0.6) is 0 Å². The zero-order valence-corrected chi connectivity index (χ0v) is 12.8. The van der Waals surface area contributed by atoms with Crippen LogP contribution in [0, 0.1) is 0 Å². The molecule has 1 unspecified atom stereocenters. The highest BCUT2D eigenvalue weighted by Gasteiger charge is 2.11. The van der Waals surface area contributed by atoms with Crippen molar-refractivity contribution in [2.45, 2.75) is 26.4 Å². The number of nitrogens with two attached hydrogens (primary N) is 1. The van der Waals surface area contributed by atoms with Gasteiger partial charge < -0.3 is 10.6 Å².